The monoisotopic (exact) mass is 222 g/mol. The first-order valence-corrected chi connectivity index (χ1v) is 5.50. The van der Waals surface area contributed by atoms with Gasteiger partial charge in [-0.2, -0.15) is 0 Å². The second kappa shape index (κ2) is 5.44. The maximum atomic E-state index is 12.1. The number of carbonyl (C=O) groups excluding carboxylic acids is 1. The molecule has 0 saturated carbocycles. The molecular formula is C11H18N4O. The SMILES string of the molecule is CCC(C)N(CC)C(=O)c1ccc(N)nn1. The first-order chi connectivity index (χ1) is 7.60. The predicted molar refractivity (Wildman–Crippen MR) is 62.9 cm³/mol. The van der Waals surface area contributed by atoms with Crippen molar-refractivity contribution in [1.82, 2.24) is 15.1 Å². The third-order valence-corrected chi connectivity index (χ3v) is 2.63. The quantitative estimate of drug-likeness (QED) is 0.834. The van der Waals surface area contributed by atoms with Crippen molar-refractivity contribution in [3.05, 3.63) is 17.8 Å². The van der Waals surface area contributed by atoms with E-state index in [1.807, 2.05) is 13.8 Å². The molecule has 5 heteroatoms. The lowest BCUT2D eigenvalue weighted by Gasteiger charge is -2.26. The fourth-order valence-corrected chi connectivity index (χ4v) is 1.48. The highest BCUT2D eigenvalue weighted by Crippen LogP contribution is 2.08. The van der Waals surface area contributed by atoms with E-state index in [4.69, 9.17) is 5.73 Å². The van der Waals surface area contributed by atoms with Crippen LogP contribution in [0.15, 0.2) is 12.1 Å². The van der Waals surface area contributed by atoms with Crippen LogP contribution in [0.3, 0.4) is 0 Å². The molecule has 0 fully saturated rings. The molecule has 0 saturated heterocycles. The highest BCUT2D eigenvalue weighted by molar-refractivity contribution is 5.92. The van der Waals surface area contributed by atoms with Crippen molar-refractivity contribution >= 4 is 11.7 Å². The number of nitrogen functional groups attached to an aromatic ring is 1. The Balaban J connectivity index is 2.87. The van der Waals surface area contributed by atoms with Gasteiger partial charge in [-0.1, -0.05) is 6.92 Å². The van der Waals surface area contributed by atoms with Gasteiger partial charge in [0.1, 0.15) is 5.82 Å². The third-order valence-electron chi connectivity index (χ3n) is 2.63. The summed E-state index contributed by atoms with van der Waals surface area (Å²) in [6.45, 7) is 6.69. The molecule has 5 nitrogen and oxygen atoms in total. The lowest BCUT2D eigenvalue weighted by molar-refractivity contribution is 0.0693. The van der Waals surface area contributed by atoms with Crippen LogP contribution in [-0.4, -0.2) is 33.6 Å². The van der Waals surface area contributed by atoms with E-state index < -0.39 is 0 Å². The zero-order valence-corrected chi connectivity index (χ0v) is 9.97. The smallest absolute Gasteiger partial charge is 0.274 e. The molecule has 0 spiro atoms. The molecule has 2 N–H and O–H groups in total. The maximum absolute atomic E-state index is 12.1. The average molecular weight is 222 g/mol. The Morgan fingerprint density at radius 1 is 1.44 bits per heavy atom. The fourth-order valence-electron chi connectivity index (χ4n) is 1.48. The van der Waals surface area contributed by atoms with E-state index >= 15 is 0 Å². The van der Waals surface area contributed by atoms with Crippen molar-refractivity contribution in [2.75, 3.05) is 12.3 Å². The normalized spacial score (nSPS) is 12.2. The van der Waals surface area contributed by atoms with Gasteiger partial charge in [0.2, 0.25) is 0 Å². The lowest BCUT2D eigenvalue weighted by atomic mass is 10.2. The predicted octanol–water partition coefficient (Wildman–Crippen LogP) is 1.32. The van der Waals surface area contributed by atoms with Crippen molar-refractivity contribution in [3.63, 3.8) is 0 Å². The number of hydrogen-bond acceptors (Lipinski definition) is 4. The number of nitrogens with two attached hydrogens (primary N) is 1. The second-order valence-corrected chi connectivity index (χ2v) is 3.69. The zero-order chi connectivity index (χ0) is 12.1. The summed E-state index contributed by atoms with van der Waals surface area (Å²) in [5, 5.41) is 7.48. The van der Waals surface area contributed by atoms with Crippen LogP contribution < -0.4 is 5.73 Å². The summed E-state index contributed by atoms with van der Waals surface area (Å²) in [6.07, 6.45) is 0.919. The lowest BCUT2D eigenvalue weighted by Crippen LogP contribution is -2.38. The summed E-state index contributed by atoms with van der Waals surface area (Å²) in [5.41, 5.74) is 5.77. The largest absolute Gasteiger partial charge is 0.382 e. The van der Waals surface area contributed by atoms with Gasteiger partial charge < -0.3 is 10.6 Å². The summed E-state index contributed by atoms with van der Waals surface area (Å²) < 4.78 is 0. The Bertz CT molecular complexity index is 350. The van der Waals surface area contributed by atoms with Gasteiger partial charge in [-0.15, -0.1) is 10.2 Å². The third kappa shape index (κ3) is 2.68. The molecule has 0 aliphatic rings. The molecule has 0 aromatic carbocycles. The van der Waals surface area contributed by atoms with Crippen LogP contribution >= 0.6 is 0 Å². The topological polar surface area (TPSA) is 72.1 Å². The molecule has 1 rings (SSSR count). The molecule has 1 amide bonds. The Morgan fingerprint density at radius 3 is 2.56 bits per heavy atom. The minimum absolute atomic E-state index is 0.0932. The van der Waals surface area contributed by atoms with Gasteiger partial charge in [-0.25, -0.2) is 0 Å². The van der Waals surface area contributed by atoms with Gasteiger partial charge in [0.05, 0.1) is 0 Å². The number of aromatic nitrogens is 2. The summed E-state index contributed by atoms with van der Waals surface area (Å²) in [5.74, 6) is 0.229. The van der Waals surface area contributed by atoms with Crippen LogP contribution in [0.4, 0.5) is 5.82 Å². The van der Waals surface area contributed by atoms with E-state index in [0.29, 0.717) is 18.1 Å². The van der Waals surface area contributed by atoms with Crippen molar-refractivity contribution in [2.24, 2.45) is 0 Å². The van der Waals surface area contributed by atoms with E-state index in [9.17, 15) is 4.79 Å². The van der Waals surface area contributed by atoms with Gasteiger partial charge in [0.25, 0.3) is 5.91 Å². The Kier molecular flexibility index (Phi) is 4.22. The van der Waals surface area contributed by atoms with Crippen LogP contribution in [-0.2, 0) is 0 Å². The van der Waals surface area contributed by atoms with Gasteiger partial charge in [-0.3, -0.25) is 4.79 Å². The van der Waals surface area contributed by atoms with Gasteiger partial charge >= 0.3 is 0 Å². The highest BCUT2D eigenvalue weighted by Gasteiger charge is 2.19. The Morgan fingerprint density at radius 2 is 2.12 bits per heavy atom. The van der Waals surface area contributed by atoms with Crippen LogP contribution in [0.2, 0.25) is 0 Å². The second-order valence-electron chi connectivity index (χ2n) is 3.69. The minimum Gasteiger partial charge on any atom is -0.382 e. The Labute approximate surface area is 95.7 Å². The first-order valence-electron chi connectivity index (χ1n) is 5.50. The molecule has 1 atom stereocenters. The molecule has 0 aliphatic heterocycles. The maximum Gasteiger partial charge on any atom is 0.274 e. The summed E-state index contributed by atoms with van der Waals surface area (Å²) in [6, 6.07) is 3.40. The minimum atomic E-state index is -0.0932. The molecule has 16 heavy (non-hydrogen) atoms. The van der Waals surface area contributed by atoms with E-state index in [2.05, 4.69) is 17.1 Å². The van der Waals surface area contributed by atoms with Crippen molar-refractivity contribution in [1.29, 1.82) is 0 Å². The van der Waals surface area contributed by atoms with Crippen LogP contribution in [0.25, 0.3) is 0 Å². The first kappa shape index (κ1) is 12.4. The van der Waals surface area contributed by atoms with Crippen molar-refractivity contribution < 1.29 is 4.79 Å². The standard InChI is InChI=1S/C11H18N4O/c1-4-8(3)15(5-2)11(16)9-6-7-10(12)14-13-9/h6-8H,4-5H2,1-3H3,(H2,12,14). The number of amides is 1. The number of rotatable bonds is 4. The highest BCUT2D eigenvalue weighted by atomic mass is 16.2. The molecular weight excluding hydrogens is 204 g/mol. The number of nitrogens with zero attached hydrogens (tertiary/aromatic N) is 3. The van der Waals surface area contributed by atoms with Gasteiger partial charge in [-0.05, 0) is 32.4 Å². The summed E-state index contributed by atoms with van der Waals surface area (Å²) in [4.78, 5) is 13.8. The van der Waals surface area contributed by atoms with Gasteiger partial charge in [0, 0.05) is 12.6 Å². The number of anilines is 1. The molecule has 88 valence electrons. The molecule has 1 aromatic heterocycles. The summed E-state index contributed by atoms with van der Waals surface area (Å²) >= 11 is 0. The van der Waals surface area contributed by atoms with Crippen LogP contribution in [0.5, 0.6) is 0 Å². The van der Waals surface area contributed by atoms with E-state index in [-0.39, 0.29) is 11.9 Å². The summed E-state index contributed by atoms with van der Waals surface area (Å²) in [7, 11) is 0. The Hall–Kier alpha value is -1.65. The molecule has 1 aromatic rings. The molecule has 1 heterocycles. The zero-order valence-electron chi connectivity index (χ0n) is 9.97. The van der Waals surface area contributed by atoms with Crippen molar-refractivity contribution in [3.8, 4) is 0 Å². The van der Waals surface area contributed by atoms with E-state index in [1.54, 1.807) is 17.0 Å². The fraction of sp³-hybridized carbons (Fsp3) is 0.545. The number of hydrogen-bond donors (Lipinski definition) is 1. The van der Waals surface area contributed by atoms with Crippen molar-refractivity contribution in [2.45, 2.75) is 33.2 Å². The molecule has 1 unspecified atom stereocenters. The van der Waals surface area contributed by atoms with Gasteiger partial charge in [0.15, 0.2) is 5.69 Å². The van der Waals surface area contributed by atoms with E-state index in [1.165, 1.54) is 0 Å². The van der Waals surface area contributed by atoms with E-state index in [0.717, 1.165) is 6.42 Å². The molecule has 0 radical (unpaired) electrons. The number of carbonyl (C=O) groups is 1. The molecule has 0 aliphatic carbocycles. The van der Waals surface area contributed by atoms with Crippen LogP contribution in [0.1, 0.15) is 37.7 Å². The van der Waals surface area contributed by atoms with Crippen LogP contribution in [0, 0.1) is 0 Å². The molecule has 0 bridgehead atoms. The average Bonchev–Trinajstić information content (AvgIpc) is 2.30.